The van der Waals surface area contributed by atoms with Crippen molar-refractivity contribution >= 4 is 17.1 Å². The summed E-state index contributed by atoms with van der Waals surface area (Å²) in [5, 5.41) is 0. The second-order valence-electron chi connectivity index (χ2n) is 0.448. The van der Waals surface area contributed by atoms with Crippen molar-refractivity contribution in [1.29, 1.82) is 0 Å². The molecule has 0 fully saturated rings. The van der Waals surface area contributed by atoms with Crippen LogP contribution in [0.4, 0.5) is 0 Å². The molecule has 0 unspecified atom stereocenters. The molecule has 2 N–H and O–H groups in total. The average Bonchev–Trinajstić information content (AvgIpc) is 0.722. The predicted octanol–water partition coefficient (Wildman–Crippen LogP) is -2.27. The summed E-state index contributed by atoms with van der Waals surface area (Å²) in [6.07, 6.45) is 0. The average molecular weight is 199 g/mol. The van der Waals surface area contributed by atoms with Crippen LogP contribution in [0, 0.1) is 0 Å². The summed E-state index contributed by atoms with van der Waals surface area (Å²) >= 11 is -5.25. The van der Waals surface area contributed by atoms with Gasteiger partial charge in [-0.25, -0.2) is 0 Å². The van der Waals surface area contributed by atoms with Gasteiger partial charge in [-0.05, 0) is 0 Å². The summed E-state index contributed by atoms with van der Waals surface area (Å²) in [7, 11) is 0. The first-order valence-corrected chi connectivity index (χ1v) is 2.88. The van der Waals surface area contributed by atoms with E-state index in [9.17, 15) is 0 Å². The first kappa shape index (κ1) is 9.76. The molecule has 0 atom stereocenters. The van der Waals surface area contributed by atoms with Crippen molar-refractivity contribution < 1.29 is 29.5 Å². The molecule has 0 aromatic carbocycles. The Labute approximate surface area is 47.0 Å². The van der Waals surface area contributed by atoms with E-state index >= 15 is 0 Å². The van der Waals surface area contributed by atoms with Gasteiger partial charge >= 0.3 is 46.6 Å². The van der Waals surface area contributed by atoms with E-state index in [0.717, 1.165) is 0 Å². The third kappa shape index (κ3) is 178. The zero-order valence-electron chi connectivity index (χ0n) is 2.62. The van der Waals surface area contributed by atoms with Crippen LogP contribution in [-0.4, -0.2) is 25.4 Å². The van der Waals surface area contributed by atoms with Crippen molar-refractivity contribution in [2.45, 2.75) is 0 Å². The molecule has 0 amide bonds. The summed E-state index contributed by atoms with van der Waals surface area (Å²) in [5.74, 6) is 0. The minimum absolute atomic E-state index is 0. The molecule has 0 aromatic rings. The molecular weight excluding hydrogens is 195 g/mol. The van der Waals surface area contributed by atoms with Crippen molar-refractivity contribution in [3.8, 4) is 0 Å². The SMILES string of the molecule is [O]=[Cr](=[O])([OH])[OH].[SeH2]. The van der Waals surface area contributed by atoms with Gasteiger partial charge in [0, 0.05) is 0 Å². The van der Waals surface area contributed by atoms with Crippen molar-refractivity contribution in [3.63, 3.8) is 0 Å². The van der Waals surface area contributed by atoms with E-state index in [1.807, 2.05) is 0 Å². The molecule has 0 aromatic heterocycles. The number of hydrogen-bond donors (Lipinski definition) is 2. The maximum absolute atomic E-state index is 8.82. The van der Waals surface area contributed by atoms with E-state index in [0.29, 0.717) is 0 Å². The Balaban J connectivity index is 0. The van der Waals surface area contributed by atoms with Gasteiger partial charge in [0.1, 0.15) is 0 Å². The topological polar surface area (TPSA) is 74.6 Å². The van der Waals surface area contributed by atoms with Gasteiger partial charge in [-0.2, -0.15) is 0 Å². The molecule has 0 aliphatic rings. The molecule has 6 heteroatoms. The van der Waals surface area contributed by atoms with Gasteiger partial charge in [-0.3, -0.25) is 0 Å². The van der Waals surface area contributed by atoms with Crippen LogP contribution < -0.4 is 0 Å². The van der Waals surface area contributed by atoms with Crippen molar-refractivity contribution in [1.82, 2.24) is 0 Å². The van der Waals surface area contributed by atoms with Gasteiger partial charge in [0.05, 0.1) is 0 Å². The Morgan fingerprint density at radius 3 is 1.17 bits per heavy atom. The zero-order chi connectivity index (χ0) is 4.50. The molecule has 6 heavy (non-hydrogen) atoms. The van der Waals surface area contributed by atoms with Crippen LogP contribution in [0.25, 0.3) is 0 Å². The van der Waals surface area contributed by atoms with Gasteiger partial charge in [-0.1, -0.05) is 0 Å². The predicted molar refractivity (Wildman–Crippen MR) is 14.4 cm³/mol. The minimum atomic E-state index is -5.25. The molecule has 0 rings (SSSR count). The Hall–Kier alpha value is 0.572. The molecule has 4 nitrogen and oxygen atoms in total. The van der Waals surface area contributed by atoms with Crippen LogP contribution in [0.15, 0.2) is 0 Å². The van der Waals surface area contributed by atoms with Crippen LogP contribution in [0.5, 0.6) is 0 Å². The monoisotopic (exact) mass is 200 g/mol. The fraction of sp³-hybridized carbons (Fsp3) is 0. The Morgan fingerprint density at radius 2 is 1.17 bits per heavy atom. The standard InChI is InChI=1S/Cr.2H2O.2O.H2Se/h;2*1H2;;;1H2/q+2;;;;;/p-2. The van der Waals surface area contributed by atoms with Crippen LogP contribution in [-0.2, 0) is 21.2 Å². The van der Waals surface area contributed by atoms with E-state index in [-0.39, 0.29) is 17.1 Å². The van der Waals surface area contributed by atoms with Crippen LogP contribution in [0.2, 0.25) is 0 Å². The third-order valence-corrected chi connectivity index (χ3v) is 0. The first-order chi connectivity index (χ1) is 2.00. The van der Waals surface area contributed by atoms with Gasteiger partial charge in [0.25, 0.3) is 0 Å². The molecule has 0 saturated carbocycles. The second kappa shape index (κ2) is 2.70. The van der Waals surface area contributed by atoms with E-state index in [1.54, 1.807) is 0 Å². The van der Waals surface area contributed by atoms with Gasteiger partial charge in [0.2, 0.25) is 0 Å². The molecule has 0 heterocycles. The Kier molecular flexibility index (Phi) is 4.39. The van der Waals surface area contributed by atoms with Crippen LogP contribution in [0.1, 0.15) is 0 Å². The van der Waals surface area contributed by atoms with E-state index < -0.39 is 13.6 Å². The molecular formula is H4CrO4Se. The Morgan fingerprint density at radius 1 is 1.17 bits per heavy atom. The van der Waals surface area contributed by atoms with Gasteiger partial charge in [0.15, 0.2) is 0 Å². The molecule has 0 radical (unpaired) electrons. The zero-order valence-corrected chi connectivity index (χ0v) is 5.99. The van der Waals surface area contributed by atoms with Crippen LogP contribution >= 0.6 is 0 Å². The van der Waals surface area contributed by atoms with Crippen molar-refractivity contribution in [2.75, 3.05) is 0 Å². The summed E-state index contributed by atoms with van der Waals surface area (Å²) < 4.78 is 31.9. The van der Waals surface area contributed by atoms with E-state index in [1.165, 1.54) is 0 Å². The molecule has 0 aliphatic heterocycles. The van der Waals surface area contributed by atoms with Crippen molar-refractivity contribution in [2.24, 2.45) is 0 Å². The maximum atomic E-state index is 8.82. The number of rotatable bonds is 0. The molecule has 0 aliphatic carbocycles. The summed E-state index contributed by atoms with van der Waals surface area (Å²) in [6, 6.07) is 0. The van der Waals surface area contributed by atoms with Gasteiger partial charge in [-0.15, -0.1) is 0 Å². The fourth-order valence-corrected chi connectivity index (χ4v) is 0. The van der Waals surface area contributed by atoms with Gasteiger partial charge < -0.3 is 0 Å². The quantitative estimate of drug-likeness (QED) is 0.431. The second-order valence-corrected chi connectivity index (χ2v) is 1.85. The van der Waals surface area contributed by atoms with E-state index in [4.69, 9.17) is 15.9 Å². The first-order valence-electron chi connectivity index (χ1n) is 0.698. The van der Waals surface area contributed by atoms with Crippen molar-refractivity contribution in [3.05, 3.63) is 0 Å². The van der Waals surface area contributed by atoms with Crippen LogP contribution in [0.3, 0.4) is 0 Å². The molecule has 0 saturated heterocycles. The van der Waals surface area contributed by atoms with E-state index in [2.05, 4.69) is 0 Å². The molecule has 40 valence electrons. The third-order valence-electron chi connectivity index (χ3n) is 0. The summed E-state index contributed by atoms with van der Waals surface area (Å²) in [5.41, 5.74) is 0. The molecule has 0 spiro atoms. The Bertz CT molecular complexity index is 90.7. The molecule has 0 bridgehead atoms. The normalized spacial score (nSPS) is 9.67. The summed E-state index contributed by atoms with van der Waals surface area (Å²) in [6.45, 7) is 0. The number of hydrogen-bond acceptors (Lipinski definition) is 2. The fourth-order valence-electron chi connectivity index (χ4n) is 0. The summed E-state index contributed by atoms with van der Waals surface area (Å²) in [4.78, 5) is 0.